The van der Waals surface area contributed by atoms with Gasteiger partial charge in [0.1, 0.15) is 5.82 Å². The summed E-state index contributed by atoms with van der Waals surface area (Å²) < 4.78 is 13.1. The summed E-state index contributed by atoms with van der Waals surface area (Å²) in [5.41, 5.74) is 1.41. The van der Waals surface area contributed by atoms with Gasteiger partial charge in [-0.25, -0.2) is 4.39 Å². The van der Waals surface area contributed by atoms with Crippen LogP contribution in [0.25, 0.3) is 0 Å². The number of halogens is 1. The fourth-order valence-corrected chi connectivity index (χ4v) is 2.85. The number of benzene rings is 1. The molecule has 0 aliphatic carbocycles. The molecule has 0 aliphatic rings. The molecule has 1 aromatic carbocycles. The Bertz CT molecular complexity index is 350. The highest BCUT2D eigenvalue weighted by molar-refractivity contribution is 5.26. The fraction of sp³-hybridized carbons (Fsp3) is 0.647. The van der Waals surface area contributed by atoms with Crippen molar-refractivity contribution < 1.29 is 4.39 Å². The molecule has 1 nitrogen and oxygen atoms in total. The first-order valence-corrected chi connectivity index (χ1v) is 7.53. The van der Waals surface area contributed by atoms with E-state index >= 15 is 0 Å². The number of hydrogen-bond donors (Lipinski definition) is 1. The van der Waals surface area contributed by atoms with Gasteiger partial charge in [0.05, 0.1) is 0 Å². The maximum absolute atomic E-state index is 13.1. The highest BCUT2D eigenvalue weighted by Crippen LogP contribution is 2.34. The first-order valence-electron chi connectivity index (χ1n) is 7.53. The molecule has 1 aromatic rings. The zero-order chi connectivity index (χ0) is 14.3. The van der Waals surface area contributed by atoms with Crippen LogP contribution < -0.4 is 5.32 Å². The van der Waals surface area contributed by atoms with E-state index in [1.807, 2.05) is 12.1 Å². The minimum atomic E-state index is -0.150. The molecule has 108 valence electrons. The van der Waals surface area contributed by atoms with E-state index in [9.17, 15) is 4.39 Å². The lowest BCUT2D eigenvalue weighted by Crippen LogP contribution is -2.41. The van der Waals surface area contributed by atoms with Gasteiger partial charge in [-0.1, -0.05) is 52.7 Å². The van der Waals surface area contributed by atoms with Crippen molar-refractivity contribution in [2.75, 3.05) is 6.54 Å². The van der Waals surface area contributed by atoms with E-state index in [4.69, 9.17) is 0 Å². The van der Waals surface area contributed by atoms with Crippen molar-refractivity contribution in [3.05, 3.63) is 35.6 Å². The lowest BCUT2D eigenvalue weighted by molar-refractivity contribution is 0.324. The topological polar surface area (TPSA) is 12.0 Å². The Hall–Kier alpha value is -0.890. The van der Waals surface area contributed by atoms with Crippen LogP contribution in [-0.4, -0.2) is 12.6 Å². The molecule has 0 fully saturated rings. The van der Waals surface area contributed by atoms with Crippen molar-refractivity contribution in [3.63, 3.8) is 0 Å². The summed E-state index contributed by atoms with van der Waals surface area (Å²) in [5, 5.41) is 3.58. The zero-order valence-electron chi connectivity index (χ0n) is 12.8. The van der Waals surface area contributed by atoms with E-state index in [1.54, 1.807) is 12.1 Å². The predicted molar refractivity (Wildman–Crippen MR) is 81.0 cm³/mol. The van der Waals surface area contributed by atoms with Gasteiger partial charge >= 0.3 is 0 Å². The van der Waals surface area contributed by atoms with Gasteiger partial charge in [-0.2, -0.15) is 0 Å². The summed E-state index contributed by atoms with van der Waals surface area (Å²) in [4.78, 5) is 0. The SMILES string of the molecule is CCCC(CCC)(CNC(C)C)c1ccc(F)cc1. The van der Waals surface area contributed by atoms with Crippen LogP contribution in [0.4, 0.5) is 4.39 Å². The van der Waals surface area contributed by atoms with Crippen molar-refractivity contribution in [2.24, 2.45) is 0 Å². The van der Waals surface area contributed by atoms with Crippen molar-refractivity contribution in [2.45, 2.75) is 64.8 Å². The third-order valence-electron chi connectivity index (χ3n) is 3.76. The summed E-state index contributed by atoms with van der Waals surface area (Å²) in [6.07, 6.45) is 4.59. The summed E-state index contributed by atoms with van der Waals surface area (Å²) in [6, 6.07) is 7.58. The zero-order valence-corrected chi connectivity index (χ0v) is 12.8. The van der Waals surface area contributed by atoms with Crippen molar-refractivity contribution in [1.29, 1.82) is 0 Å². The summed E-state index contributed by atoms with van der Waals surface area (Å²) in [6.45, 7) is 9.77. The Labute approximate surface area is 117 Å². The molecular formula is C17H28FN. The summed E-state index contributed by atoms with van der Waals surface area (Å²) in [5.74, 6) is -0.150. The molecule has 0 bridgehead atoms. The normalized spacial score (nSPS) is 12.1. The van der Waals surface area contributed by atoms with Crippen molar-refractivity contribution in [1.82, 2.24) is 5.32 Å². The van der Waals surface area contributed by atoms with Crippen LogP contribution in [0.3, 0.4) is 0 Å². The van der Waals surface area contributed by atoms with Gasteiger partial charge in [0, 0.05) is 18.0 Å². The molecule has 0 heterocycles. The number of rotatable bonds is 8. The molecule has 0 atom stereocenters. The lowest BCUT2D eigenvalue weighted by Gasteiger charge is -2.35. The smallest absolute Gasteiger partial charge is 0.123 e. The van der Waals surface area contributed by atoms with E-state index in [0.717, 1.165) is 32.2 Å². The quantitative estimate of drug-likeness (QED) is 0.720. The molecule has 0 saturated heterocycles. The molecule has 0 radical (unpaired) electrons. The number of nitrogens with one attached hydrogen (secondary N) is 1. The second kappa shape index (κ2) is 7.64. The first kappa shape index (κ1) is 16.2. The number of hydrogen-bond acceptors (Lipinski definition) is 1. The second-order valence-corrected chi connectivity index (χ2v) is 5.82. The van der Waals surface area contributed by atoms with Crippen LogP contribution >= 0.6 is 0 Å². The highest BCUT2D eigenvalue weighted by atomic mass is 19.1. The average Bonchev–Trinajstić information content (AvgIpc) is 2.37. The van der Waals surface area contributed by atoms with Gasteiger partial charge in [-0.3, -0.25) is 0 Å². The van der Waals surface area contributed by atoms with Crippen molar-refractivity contribution >= 4 is 0 Å². The van der Waals surface area contributed by atoms with Gasteiger partial charge in [-0.05, 0) is 30.5 Å². The Morgan fingerprint density at radius 1 is 1.05 bits per heavy atom. The molecule has 1 rings (SSSR count). The van der Waals surface area contributed by atoms with Crippen molar-refractivity contribution in [3.8, 4) is 0 Å². The van der Waals surface area contributed by atoms with Gasteiger partial charge in [0.25, 0.3) is 0 Å². The van der Waals surface area contributed by atoms with Gasteiger partial charge < -0.3 is 5.32 Å². The van der Waals surface area contributed by atoms with Gasteiger partial charge in [0.2, 0.25) is 0 Å². The van der Waals surface area contributed by atoms with E-state index in [-0.39, 0.29) is 11.2 Å². The Morgan fingerprint density at radius 2 is 1.58 bits per heavy atom. The molecule has 0 aromatic heterocycles. The lowest BCUT2D eigenvalue weighted by atomic mass is 9.73. The monoisotopic (exact) mass is 265 g/mol. The molecule has 19 heavy (non-hydrogen) atoms. The standard InChI is InChI=1S/C17H28FN/c1-5-11-17(12-6-2,13-19-14(3)4)15-7-9-16(18)10-8-15/h7-10,14,19H,5-6,11-13H2,1-4H3. The van der Waals surface area contributed by atoms with Gasteiger partial charge in [-0.15, -0.1) is 0 Å². The first-order chi connectivity index (χ1) is 9.04. The molecule has 0 saturated carbocycles. The van der Waals surface area contributed by atoms with E-state index in [0.29, 0.717) is 6.04 Å². The van der Waals surface area contributed by atoms with Crippen LogP contribution in [0.2, 0.25) is 0 Å². The summed E-state index contributed by atoms with van der Waals surface area (Å²) in [7, 11) is 0. The van der Waals surface area contributed by atoms with Crippen LogP contribution in [0.1, 0.15) is 58.9 Å². The van der Waals surface area contributed by atoms with Crippen LogP contribution in [0, 0.1) is 5.82 Å². The Morgan fingerprint density at radius 3 is 2.00 bits per heavy atom. The minimum absolute atomic E-state index is 0.140. The van der Waals surface area contributed by atoms with E-state index < -0.39 is 0 Å². The largest absolute Gasteiger partial charge is 0.314 e. The molecule has 0 amide bonds. The third kappa shape index (κ3) is 4.61. The maximum atomic E-state index is 13.1. The molecule has 2 heteroatoms. The van der Waals surface area contributed by atoms with Gasteiger partial charge in [0.15, 0.2) is 0 Å². The molecular weight excluding hydrogens is 237 g/mol. The van der Waals surface area contributed by atoms with E-state index in [2.05, 4.69) is 33.0 Å². The maximum Gasteiger partial charge on any atom is 0.123 e. The fourth-order valence-electron chi connectivity index (χ4n) is 2.85. The highest BCUT2D eigenvalue weighted by Gasteiger charge is 2.30. The molecule has 0 aliphatic heterocycles. The van der Waals surface area contributed by atoms with Crippen LogP contribution in [0.5, 0.6) is 0 Å². The van der Waals surface area contributed by atoms with E-state index in [1.165, 1.54) is 5.56 Å². The molecule has 0 unspecified atom stereocenters. The Balaban J connectivity index is 3.02. The second-order valence-electron chi connectivity index (χ2n) is 5.82. The molecule has 0 spiro atoms. The average molecular weight is 265 g/mol. The molecule has 1 N–H and O–H groups in total. The minimum Gasteiger partial charge on any atom is -0.314 e. The van der Waals surface area contributed by atoms with Crippen LogP contribution in [0.15, 0.2) is 24.3 Å². The Kier molecular flexibility index (Phi) is 6.50. The third-order valence-corrected chi connectivity index (χ3v) is 3.76. The summed E-state index contributed by atoms with van der Waals surface area (Å²) >= 11 is 0. The predicted octanol–water partition coefficient (Wildman–Crippen LogP) is 4.66. The van der Waals surface area contributed by atoms with Crippen LogP contribution in [-0.2, 0) is 5.41 Å².